The van der Waals surface area contributed by atoms with Gasteiger partial charge in [-0.3, -0.25) is 9.59 Å². The molecular formula is C24H32FeN2O4. The number of unbranched alkanes of at least 4 members (excludes halogenated alkanes) is 3. The van der Waals surface area contributed by atoms with Crippen molar-refractivity contribution in [3.8, 4) is 0 Å². The molecule has 6 nitrogen and oxygen atoms in total. The Morgan fingerprint density at radius 3 is 1.45 bits per heavy atom. The summed E-state index contributed by atoms with van der Waals surface area (Å²) in [4.78, 5) is 24.0. The van der Waals surface area contributed by atoms with Crippen LogP contribution in [0.4, 0.5) is 0 Å². The van der Waals surface area contributed by atoms with Crippen LogP contribution in [0.1, 0.15) is 52.4 Å². The molecule has 0 bridgehead atoms. The molecule has 0 aromatic heterocycles. The van der Waals surface area contributed by atoms with Crippen LogP contribution in [0.5, 0.6) is 0 Å². The first kappa shape index (κ1) is 26.5. The van der Waals surface area contributed by atoms with Gasteiger partial charge >= 0.3 is 0 Å². The number of carbonyl (C=O) groups excluding carboxylic acids is 2. The van der Waals surface area contributed by atoms with E-state index >= 15 is 0 Å². The maximum absolute atomic E-state index is 12.0. The molecule has 0 saturated heterocycles. The first-order valence-electron chi connectivity index (χ1n) is 10.7. The van der Waals surface area contributed by atoms with Crippen molar-refractivity contribution >= 4 is 11.6 Å². The van der Waals surface area contributed by atoms with Crippen LogP contribution in [0.15, 0.2) is 70.5 Å². The normalized spacial score (nSPS) is 18.8. The second-order valence-electron chi connectivity index (χ2n) is 7.29. The smallest absolute Gasteiger partial charge is 0.187 e. The number of hydrogen-bond donors (Lipinski definition) is 4. The molecule has 0 amide bonds. The third-order valence-electron chi connectivity index (χ3n) is 5.06. The Balaban J connectivity index is 0.00000480. The fraction of sp³-hybridized carbons (Fsp3) is 0.417. The minimum absolute atomic E-state index is 0. The average molecular weight is 468 g/mol. The molecule has 0 atom stereocenters. The summed E-state index contributed by atoms with van der Waals surface area (Å²) in [5, 5.41) is 25.9. The first-order valence-corrected chi connectivity index (χ1v) is 10.7. The molecule has 2 aliphatic rings. The summed E-state index contributed by atoms with van der Waals surface area (Å²) in [5.41, 5.74) is 2.79. The van der Waals surface area contributed by atoms with Crippen LogP contribution in [0, 0.1) is 0 Å². The topological polar surface area (TPSA) is 98.7 Å². The Labute approximate surface area is 195 Å². The molecule has 2 rings (SSSR count). The standard InChI is InChI=1S/C24H32N2O4.Fe/c1-3-21(19-15-17(27)9-11-23(19)29)25-13-7-5-6-8-14-26-22(4-2)20-16-18(28)10-12-24(20)30;/h9-12,15-16,25-28H,3-8,13-14H2,1-2H3;. The Hall–Kier alpha value is -2.50. The summed E-state index contributed by atoms with van der Waals surface area (Å²) in [6.45, 7) is 5.53. The number of carbonyl (C=O) groups is 2. The molecule has 31 heavy (non-hydrogen) atoms. The summed E-state index contributed by atoms with van der Waals surface area (Å²) >= 11 is 0. The van der Waals surface area contributed by atoms with Crippen molar-refractivity contribution in [2.24, 2.45) is 0 Å². The first-order chi connectivity index (χ1) is 14.5. The molecule has 0 radical (unpaired) electrons. The molecule has 0 heterocycles. The predicted molar refractivity (Wildman–Crippen MR) is 119 cm³/mol. The van der Waals surface area contributed by atoms with Gasteiger partial charge in [-0.2, -0.15) is 0 Å². The van der Waals surface area contributed by atoms with E-state index < -0.39 is 0 Å². The number of aliphatic hydroxyl groups excluding tert-OH is 2. The van der Waals surface area contributed by atoms with E-state index in [9.17, 15) is 19.8 Å². The Bertz CT molecular complexity index is 778. The quantitative estimate of drug-likeness (QED) is 0.206. The van der Waals surface area contributed by atoms with Crippen molar-refractivity contribution in [1.82, 2.24) is 10.6 Å². The van der Waals surface area contributed by atoms with Gasteiger partial charge in [-0.1, -0.05) is 26.7 Å². The average Bonchev–Trinajstić information content (AvgIpc) is 2.74. The largest absolute Gasteiger partial charge is 0.508 e. The second kappa shape index (κ2) is 13.7. The Morgan fingerprint density at radius 1 is 0.710 bits per heavy atom. The van der Waals surface area contributed by atoms with Gasteiger partial charge in [0.15, 0.2) is 11.6 Å². The maximum Gasteiger partial charge on any atom is 0.187 e. The van der Waals surface area contributed by atoms with Gasteiger partial charge < -0.3 is 20.8 Å². The van der Waals surface area contributed by atoms with Crippen LogP contribution in [-0.2, 0) is 26.7 Å². The fourth-order valence-electron chi connectivity index (χ4n) is 3.41. The molecule has 7 heteroatoms. The monoisotopic (exact) mass is 468 g/mol. The molecule has 0 aromatic rings. The van der Waals surface area contributed by atoms with E-state index in [-0.39, 0.29) is 40.2 Å². The molecule has 0 unspecified atom stereocenters. The third kappa shape index (κ3) is 8.27. The molecule has 0 aliphatic heterocycles. The van der Waals surface area contributed by atoms with Gasteiger partial charge in [0.1, 0.15) is 11.5 Å². The van der Waals surface area contributed by atoms with Crippen LogP contribution in [-0.4, -0.2) is 34.9 Å². The number of hydrogen-bond acceptors (Lipinski definition) is 6. The van der Waals surface area contributed by atoms with E-state index in [1.165, 1.54) is 36.5 Å². The molecule has 0 fully saturated rings. The number of allylic oxidation sites excluding steroid dienone is 10. The van der Waals surface area contributed by atoms with Crippen molar-refractivity contribution in [3.63, 3.8) is 0 Å². The Morgan fingerprint density at radius 2 is 1.10 bits per heavy atom. The van der Waals surface area contributed by atoms with Crippen molar-refractivity contribution in [2.45, 2.75) is 52.4 Å². The van der Waals surface area contributed by atoms with Crippen LogP contribution in [0.25, 0.3) is 0 Å². The summed E-state index contributed by atoms with van der Waals surface area (Å²) in [6, 6.07) is 0. The molecule has 0 saturated carbocycles. The predicted octanol–water partition coefficient (Wildman–Crippen LogP) is 4.21. The van der Waals surface area contributed by atoms with Crippen LogP contribution in [0.3, 0.4) is 0 Å². The van der Waals surface area contributed by atoms with Gasteiger partial charge in [0.25, 0.3) is 0 Å². The molecule has 0 aromatic carbocycles. The van der Waals surface area contributed by atoms with Crippen molar-refractivity contribution in [2.75, 3.05) is 13.1 Å². The van der Waals surface area contributed by atoms with Gasteiger partial charge in [0, 0.05) is 52.7 Å². The summed E-state index contributed by atoms with van der Waals surface area (Å²) in [5.74, 6) is 0.0317. The zero-order valence-electron chi connectivity index (χ0n) is 18.2. The second-order valence-corrected chi connectivity index (χ2v) is 7.29. The van der Waals surface area contributed by atoms with Gasteiger partial charge in [-0.05, 0) is 62.1 Å². The number of rotatable bonds is 11. The fourth-order valence-corrected chi connectivity index (χ4v) is 3.41. The number of aliphatic hydroxyl groups is 2. The summed E-state index contributed by atoms with van der Waals surface area (Å²) in [7, 11) is 0. The van der Waals surface area contributed by atoms with Gasteiger partial charge in [0.05, 0.1) is 0 Å². The zero-order valence-corrected chi connectivity index (χ0v) is 19.3. The Kier molecular flexibility index (Phi) is 11.8. The van der Waals surface area contributed by atoms with Crippen molar-refractivity contribution < 1.29 is 36.9 Å². The summed E-state index contributed by atoms with van der Waals surface area (Å²) in [6.07, 6.45) is 14.1. The molecule has 170 valence electrons. The van der Waals surface area contributed by atoms with E-state index in [1.54, 1.807) is 0 Å². The van der Waals surface area contributed by atoms with E-state index in [0.717, 1.165) is 50.2 Å². The van der Waals surface area contributed by atoms with Crippen LogP contribution < -0.4 is 10.6 Å². The van der Waals surface area contributed by atoms with Gasteiger partial charge in [-0.25, -0.2) is 0 Å². The molecule has 4 N–H and O–H groups in total. The van der Waals surface area contributed by atoms with Crippen molar-refractivity contribution in [1.29, 1.82) is 0 Å². The summed E-state index contributed by atoms with van der Waals surface area (Å²) < 4.78 is 0. The maximum atomic E-state index is 12.0. The van der Waals surface area contributed by atoms with E-state index in [4.69, 9.17) is 0 Å². The minimum Gasteiger partial charge on any atom is -0.508 e. The zero-order chi connectivity index (χ0) is 21.9. The van der Waals surface area contributed by atoms with E-state index in [0.29, 0.717) is 24.0 Å². The molecular weight excluding hydrogens is 436 g/mol. The van der Waals surface area contributed by atoms with Crippen LogP contribution >= 0.6 is 0 Å². The number of nitrogens with one attached hydrogen (secondary N) is 2. The van der Waals surface area contributed by atoms with Crippen molar-refractivity contribution in [3.05, 3.63) is 70.5 Å². The molecule has 2 aliphatic carbocycles. The number of ketones is 2. The molecule has 0 spiro atoms. The van der Waals surface area contributed by atoms with Crippen LogP contribution in [0.2, 0.25) is 0 Å². The minimum atomic E-state index is -0.0841. The van der Waals surface area contributed by atoms with E-state index in [2.05, 4.69) is 10.6 Å². The van der Waals surface area contributed by atoms with Gasteiger partial charge in [0.2, 0.25) is 0 Å². The van der Waals surface area contributed by atoms with Gasteiger partial charge in [-0.15, -0.1) is 0 Å². The third-order valence-corrected chi connectivity index (χ3v) is 5.06. The SMILES string of the molecule is CCC(NCCCCCCNC(CC)=C1C=C(O)C=CC1=O)=C1C=C(O)C=CC1=O.[Fe]. The van der Waals surface area contributed by atoms with E-state index in [1.807, 2.05) is 13.8 Å².